The van der Waals surface area contributed by atoms with Gasteiger partial charge >= 0.3 is 0 Å². The molecule has 5 nitrogen and oxygen atoms in total. The lowest BCUT2D eigenvalue weighted by atomic mass is 9.91. The number of hydrogen-bond donors (Lipinski definition) is 1. The lowest BCUT2D eigenvalue weighted by Gasteiger charge is -2.40. The van der Waals surface area contributed by atoms with E-state index in [-0.39, 0.29) is 11.9 Å². The van der Waals surface area contributed by atoms with Crippen molar-refractivity contribution in [3.63, 3.8) is 0 Å². The van der Waals surface area contributed by atoms with Gasteiger partial charge in [0.15, 0.2) is 0 Å². The summed E-state index contributed by atoms with van der Waals surface area (Å²) in [5.41, 5.74) is 2.21. The second-order valence-corrected chi connectivity index (χ2v) is 7.04. The van der Waals surface area contributed by atoms with Gasteiger partial charge in [-0.1, -0.05) is 25.1 Å². The molecule has 126 valence electrons. The van der Waals surface area contributed by atoms with Crippen LogP contribution in [0.25, 0.3) is 0 Å². The highest BCUT2D eigenvalue weighted by molar-refractivity contribution is 5.96. The van der Waals surface area contributed by atoms with Crippen molar-refractivity contribution in [1.82, 2.24) is 14.5 Å². The molecule has 1 aromatic carbocycles. The molecule has 24 heavy (non-hydrogen) atoms. The van der Waals surface area contributed by atoms with Crippen LogP contribution in [0.5, 0.6) is 0 Å². The van der Waals surface area contributed by atoms with Crippen molar-refractivity contribution < 1.29 is 4.79 Å². The Hall–Kier alpha value is -2.14. The molecule has 4 rings (SSSR count). The number of carbonyl (C=O) groups is 1. The van der Waals surface area contributed by atoms with Crippen molar-refractivity contribution in [1.29, 1.82) is 0 Å². The monoisotopic (exact) mass is 324 g/mol. The highest BCUT2D eigenvalue weighted by atomic mass is 16.2. The summed E-state index contributed by atoms with van der Waals surface area (Å²) in [4.78, 5) is 19.3. The third kappa shape index (κ3) is 2.84. The van der Waals surface area contributed by atoms with Gasteiger partial charge in [0, 0.05) is 30.7 Å². The number of rotatable bonds is 2. The van der Waals surface area contributed by atoms with Crippen molar-refractivity contribution >= 4 is 11.6 Å². The quantitative estimate of drug-likeness (QED) is 0.924. The number of anilines is 1. The molecule has 1 amide bonds. The largest absolute Gasteiger partial charge is 0.333 e. The summed E-state index contributed by atoms with van der Waals surface area (Å²) in [5.74, 6) is 0.736. The molecule has 2 aliphatic heterocycles. The number of nitrogens with one attached hydrogen (secondary N) is 1. The van der Waals surface area contributed by atoms with Gasteiger partial charge in [-0.2, -0.15) is 0 Å². The molecule has 0 aliphatic carbocycles. The van der Waals surface area contributed by atoms with E-state index >= 15 is 0 Å². The van der Waals surface area contributed by atoms with E-state index in [2.05, 4.69) is 32.8 Å². The van der Waals surface area contributed by atoms with Gasteiger partial charge in [-0.15, -0.1) is 0 Å². The minimum absolute atomic E-state index is 0.0454. The maximum absolute atomic E-state index is 12.8. The Balaban J connectivity index is 1.52. The molecule has 0 saturated carbocycles. The first kappa shape index (κ1) is 15.4. The number of piperidine rings is 1. The molecule has 0 spiro atoms. The van der Waals surface area contributed by atoms with Crippen LogP contribution in [0.3, 0.4) is 0 Å². The van der Waals surface area contributed by atoms with Gasteiger partial charge in [0.25, 0.3) is 0 Å². The van der Waals surface area contributed by atoms with E-state index in [0.717, 1.165) is 38.0 Å². The Kier molecular flexibility index (Phi) is 4.10. The molecule has 1 saturated heterocycles. The Morgan fingerprint density at radius 3 is 2.96 bits per heavy atom. The molecule has 1 aromatic heterocycles. The summed E-state index contributed by atoms with van der Waals surface area (Å²) in [6, 6.07) is 8.49. The Morgan fingerprint density at radius 2 is 2.12 bits per heavy atom. The molecule has 1 fully saturated rings. The lowest BCUT2D eigenvalue weighted by Crippen LogP contribution is -2.50. The van der Waals surface area contributed by atoms with Gasteiger partial charge in [-0.25, -0.2) is 4.98 Å². The van der Waals surface area contributed by atoms with Crippen LogP contribution in [0, 0.1) is 5.92 Å². The number of amides is 1. The van der Waals surface area contributed by atoms with Gasteiger partial charge < -0.3 is 9.88 Å². The summed E-state index contributed by atoms with van der Waals surface area (Å²) in [6.07, 6.45) is 8.71. The molecule has 5 heteroatoms. The molecular formula is C19H24N4O. The first-order valence-electron chi connectivity index (χ1n) is 8.82. The fraction of sp³-hybridized carbons (Fsp3) is 0.474. The van der Waals surface area contributed by atoms with E-state index in [0.29, 0.717) is 12.0 Å². The topological polar surface area (TPSA) is 50.2 Å². The van der Waals surface area contributed by atoms with Crippen molar-refractivity contribution in [3.05, 3.63) is 48.5 Å². The molecular weight excluding hydrogens is 300 g/mol. The van der Waals surface area contributed by atoms with Gasteiger partial charge in [-0.05, 0) is 43.4 Å². The first-order chi connectivity index (χ1) is 11.7. The number of fused-ring (bicyclic) bond motifs is 1. The Morgan fingerprint density at radius 1 is 1.25 bits per heavy atom. The predicted molar refractivity (Wildman–Crippen MR) is 93.8 cm³/mol. The summed E-state index contributed by atoms with van der Waals surface area (Å²) in [7, 11) is 0. The highest BCUT2D eigenvalue weighted by Crippen LogP contribution is 2.31. The van der Waals surface area contributed by atoms with Crippen LogP contribution in [0.1, 0.15) is 31.4 Å². The minimum Gasteiger partial charge on any atom is -0.333 e. The van der Waals surface area contributed by atoms with Crippen molar-refractivity contribution in [2.45, 2.75) is 38.3 Å². The van der Waals surface area contributed by atoms with Gasteiger partial charge in [0.2, 0.25) is 5.91 Å². The third-order valence-corrected chi connectivity index (χ3v) is 5.56. The molecule has 2 aromatic rings. The van der Waals surface area contributed by atoms with E-state index in [9.17, 15) is 4.79 Å². The summed E-state index contributed by atoms with van der Waals surface area (Å²) >= 11 is 0. The molecule has 3 atom stereocenters. The Bertz CT molecular complexity index is 712. The van der Waals surface area contributed by atoms with Crippen molar-refractivity contribution in [2.75, 3.05) is 18.4 Å². The number of para-hydroxylation sites is 1. The van der Waals surface area contributed by atoms with Crippen LogP contribution < -0.4 is 5.32 Å². The number of carbonyl (C=O) groups excluding carboxylic acids is 1. The van der Waals surface area contributed by atoms with E-state index in [1.165, 1.54) is 5.56 Å². The number of benzene rings is 1. The third-order valence-electron chi connectivity index (χ3n) is 5.56. The number of aryl methyl sites for hydroxylation is 1. The zero-order valence-electron chi connectivity index (χ0n) is 14.1. The molecule has 1 N–H and O–H groups in total. The van der Waals surface area contributed by atoms with Gasteiger partial charge in [0.1, 0.15) is 0 Å². The number of likely N-dealkylation sites (tertiary alicyclic amines) is 1. The van der Waals surface area contributed by atoms with Crippen LogP contribution in [0.2, 0.25) is 0 Å². The lowest BCUT2D eigenvalue weighted by molar-refractivity contribution is -0.122. The minimum atomic E-state index is -0.0454. The fourth-order valence-corrected chi connectivity index (χ4v) is 4.06. The van der Waals surface area contributed by atoms with Gasteiger partial charge in [-0.3, -0.25) is 9.69 Å². The van der Waals surface area contributed by atoms with E-state index in [4.69, 9.17) is 0 Å². The molecule has 3 heterocycles. The summed E-state index contributed by atoms with van der Waals surface area (Å²) in [6.45, 7) is 4.19. The molecule has 2 aliphatic rings. The fourth-order valence-electron chi connectivity index (χ4n) is 4.06. The van der Waals surface area contributed by atoms with Crippen LogP contribution in [-0.4, -0.2) is 39.5 Å². The highest BCUT2D eigenvalue weighted by Gasteiger charge is 2.35. The van der Waals surface area contributed by atoms with Crippen LogP contribution in [0.4, 0.5) is 5.69 Å². The summed E-state index contributed by atoms with van der Waals surface area (Å²) < 4.78 is 2.19. The maximum Gasteiger partial charge on any atom is 0.241 e. The second kappa shape index (κ2) is 6.40. The number of aromatic nitrogens is 2. The average Bonchev–Trinajstić information content (AvgIpc) is 3.06. The van der Waals surface area contributed by atoms with Crippen LogP contribution in [-0.2, 0) is 11.2 Å². The SMILES string of the molecule is C[C@@H]1CCN([C@@H]2CCc3ccccc3NC2=O)C[C@@H]1n1ccnc1. The second-order valence-electron chi connectivity index (χ2n) is 7.04. The van der Waals surface area contributed by atoms with E-state index < -0.39 is 0 Å². The molecule has 0 unspecified atom stereocenters. The molecule has 0 bridgehead atoms. The zero-order valence-corrected chi connectivity index (χ0v) is 14.1. The predicted octanol–water partition coefficient (Wildman–Crippen LogP) is 2.72. The number of nitrogens with zero attached hydrogens (tertiary/aromatic N) is 3. The van der Waals surface area contributed by atoms with E-state index in [1.54, 1.807) is 0 Å². The average molecular weight is 324 g/mol. The zero-order chi connectivity index (χ0) is 16.5. The maximum atomic E-state index is 12.8. The van der Waals surface area contributed by atoms with E-state index in [1.807, 2.05) is 36.9 Å². The number of imidazole rings is 1. The molecule has 0 radical (unpaired) electrons. The van der Waals surface area contributed by atoms with Crippen molar-refractivity contribution in [3.8, 4) is 0 Å². The number of hydrogen-bond acceptors (Lipinski definition) is 3. The van der Waals surface area contributed by atoms with Crippen molar-refractivity contribution in [2.24, 2.45) is 5.92 Å². The van der Waals surface area contributed by atoms with Crippen LogP contribution in [0.15, 0.2) is 43.0 Å². The van der Waals surface area contributed by atoms with Crippen LogP contribution >= 0.6 is 0 Å². The standard InChI is InChI=1S/C19H24N4O/c1-14-8-10-22(12-18(14)23-11-9-20-13-23)17-7-6-15-4-2-3-5-16(15)21-19(17)24/h2-5,9,11,13-14,17-18H,6-8,10,12H2,1H3,(H,21,24)/t14-,17-,18+/m1/s1. The van der Waals surface area contributed by atoms with Gasteiger partial charge in [0.05, 0.1) is 12.4 Å². The normalized spacial score (nSPS) is 28.0. The smallest absolute Gasteiger partial charge is 0.241 e. The Labute approximate surface area is 142 Å². The first-order valence-corrected chi connectivity index (χ1v) is 8.82. The summed E-state index contributed by atoms with van der Waals surface area (Å²) in [5, 5.41) is 3.13.